The molecule has 0 rings (SSSR count). The summed E-state index contributed by atoms with van der Waals surface area (Å²) in [4.78, 5) is 18.2. The van der Waals surface area contributed by atoms with Crippen LogP contribution in [0.4, 0.5) is 0 Å². The minimum Gasteiger partial charge on any atom is -0.473 e. The normalized spacial score (nSPS) is 6.20. The number of carboxylic acid groups (broad SMARTS) is 2. The molecule has 0 aromatic carbocycles. The Bertz CT molecular complexity index is 89.8. The maximum atomic E-state index is 9.10. The van der Waals surface area contributed by atoms with Gasteiger partial charge in [0.05, 0.1) is 0 Å². The SMILES string of the molecule is CCO.N.O=C(O)C(=O)O. The van der Waals surface area contributed by atoms with E-state index in [1.165, 1.54) is 0 Å². The zero-order valence-electron chi connectivity index (χ0n) is 5.57. The fourth-order valence-corrected chi connectivity index (χ4v) is 0. The van der Waals surface area contributed by atoms with Crippen LogP contribution in [0.5, 0.6) is 0 Å². The van der Waals surface area contributed by atoms with Crippen molar-refractivity contribution in [2.45, 2.75) is 6.92 Å². The van der Waals surface area contributed by atoms with Crippen molar-refractivity contribution in [3.8, 4) is 0 Å². The molecule has 6 heteroatoms. The van der Waals surface area contributed by atoms with Crippen molar-refractivity contribution in [2.75, 3.05) is 6.61 Å². The Kier molecular flexibility index (Phi) is 17.2. The van der Waals surface area contributed by atoms with Crippen LogP contribution in [0.1, 0.15) is 6.92 Å². The molecule has 0 amide bonds. The Morgan fingerprint density at radius 3 is 1.30 bits per heavy atom. The average molecular weight is 153 g/mol. The van der Waals surface area contributed by atoms with Gasteiger partial charge in [-0.05, 0) is 6.92 Å². The van der Waals surface area contributed by atoms with Crippen LogP contribution in [0.15, 0.2) is 0 Å². The maximum absolute atomic E-state index is 9.10. The molecule has 0 aromatic heterocycles. The van der Waals surface area contributed by atoms with Crippen LogP contribution >= 0.6 is 0 Å². The lowest BCUT2D eigenvalue weighted by Gasteiger charge is -1.72. The lowest BCUT2D eigenvalue weighted by atomic mass is 10.7. The molecule has 6 nitrogen and oxygen atoms in total. The summed E-state index contributed by atoms with van der Waals surface area (Å²) in [6.07, 6.45) is 0. The highest BCUT2D eigenvalue weighted by molar-refractivity contribution is 6.27. The summed E-state index contributed by atoms with van der Waals surface area (Å²) in [5.74, 6) is -3.65. The van der Waals surface area contributed by atoms with Crippen LogP contribution in [-0.4, -0.2) is 33.9 Å². The van der Waals surface area contributed by atoms with Crippen molar-refractivity contribution in [3.63, 3.8) is 0 Å². The van der Waals surface area contributed by atoms with E-state index in [0.29, 0.717) is 0 Å². The Hall–Kier alpha value is -1.14. The van der Waals surface area contributed by atoms with Crippen molar-refractivity contribution in [1.82, 2.24) is 6.15 Å². The third-order valence-corrected chi connectivity index (χ3v) is 0.183. The number of rotatable bonds is 0. The van der Waals surface area contributed by atoms with Gasteiger partial charge in [-0.1, -0.05) is 0 Å². The van der Waals surface area contributed by atoms with Crippen LogP contribution in [0.2, 0.25) is 0 Å². The van der Waals surface area contributed by atoms with Gasteiger partial charge in [0.25, 0.3) is 0 Å². The summed E-state index contributed by atoms with van der Waals surface area (Å²) < 4.78 is 0. The molecule has 0 bridgehead atoms. The van der Waals surface area contributed by atoms with Crippen LogP contribution in [-0.2, 0) is 9.59 Å². The topological polar surface area (TPSA) is 130 Å². The summed E-state index contributed by atoms with van der Waals surface area (Å²) in [5.41, 5.74) is 0. The minimum absolute atomic E-state index is 0. The standard InChI is InChI=1S/C2H2O4.C2H6O.H3N/c3-1(4)2(5)6;1-2-3;/h(H,3,4)(H,5,6);3H,2H2,1H3;1H3. The van der Waals surface area contributed by atoms with E-state index >= 15 is 0 Å². The number of carboxylic acids is 2. The van der Waals surface area contributed by atoms with E-state index in [9.17, 15) is 0 Å². The van der Waals surface area contributed by atoms with Crippen LogP contribution < -0.4 is 6.15 Å². The Morgan fingerprint density at radius 2 is 1.30 bits per heavy atom. The number of aliphatic hydroxyl groups excluding tert-OH is 1. The Morgan fingerprint density at radius 1 is 1.20 bits per heavy atom. The first kappa shape index (κ1) is 15.9. The predicted octanol–water partition coefficient (Wildman–Crippen LogP) is -0.684. The number of hydrogen-bond acceptors (Lipinski definition) is 4. The van der Waals surface area contributed by atoms with Crippen molar-refractivity contribution in [1.29, 1.82) is 0 Å². The molecule has 0 fully saturated rings. The number of hydrogen-bond donors (Lipinski definition) is 4. The summed E-state index contributed by atoms with van der Waals surface area (Å²) in [7, 11) is 0. The van der Waals surface area contributed by atoms with Gasteiger partial charge in [0, 0.05) is 6.61 Å². The quantitative estimate of drug-likeness (QED) is 0.341. The summed E-state index contributed by atoms with van der Waals surface area (Å²) in [6.45, 7) is 1.93. The highest BCUT2D eigenvalue weighted by Crippen LogP contribution is 1.56. The molecule has 10 heavy (non-hydrogen) atoms. The van der Waals surface area contributed by atoms with Gasteiger partial charge in [0.15, 0.2) is 0 Å². The highest BCUT2D eigenvalue weighted by Gasteiger charge is 2.04. The smallest absolute Gasteiger partial charge is 0.414 e. The molecule has 0 unspecified atom stereocenters. The number of aliphatic hydroxyl groups is 1. The lowest BCUT2D eigenvalue weighted by Crippen LogP contribution is -2.09. The molecule has 0 saturated carbocycles. The molecule has 0 aromatic rings. The molecular formula is C4H11NO5. The molecular weight excluding hydrogens is 142 g/mol. The first-order chi connectivity index (χ1) is 4.06. The van der Waals surface area contributed by atoms with E-state index in [-0.39, 0.29) is 12.8 Å². The first-order valence-electron chi connectivity index (χ1n) is 2.13. The zero-order chi connectivity index (χ0) is 7.86. The van der Waals surface area contributed by atoms with Gasteiger partial charge in [-0.15, -0.1) is 0 Å². The summed E-state index contributed by atoms with van der Waals surface area (Å²) in [5, 5.41) is 22.4. The minimum atomic E-state index is -1.82. The Balaban J connectivity index is -0.000000107. The molecule has 0 atom stereocenters. The van der Waals surface area contributed by atoms with E-state index in [2.05, 4.69) is 0 Å². The summed E-state index contributed by atoms with van der Waals surface area (Å²) in [6, 6.07) is 0. The third-order valence-electron chi connectivity index (χ3n) is 0.183. The van der Waals surface area contributed by atoms with Gasteiger partial charge >= 0.3 is 11.9 Å². The van der Waals surface area contributed by atoms with E-state index in [0.717, 1.165) is 0 Å². The van der Waals surface area contributed by atoms with E-state index in [1.54, 1.807) is 6.92 Å². The predicted molar refractivity (Wildman–Crippen MR) is 33.1 cm³/mol. The second kappa shape index (κ2) is 10.8. The molecule has 0 aliphatic carbocycles. The monoisotopic (exact) mass is 153 g/mol. The molecule has 62 valence electrons. The van der Waals surface area contributed by atoms with Crippen molar-refractivity contribution in [2.24, 2.45) is 0 Å². The molecule has 6 N–H and O–H groups in total. The van der Waals surface area contributed by atoms with Crippen molar-refractivity contribution >= 4 is 11.9 Å². The fourth-order valence-electron chi connectivity index (χ4n) is 0. The van der Waals surface area contributed by atoms with Gasteiger partial charge in [-0.3, -0.25) is 0 Å². The molecule has 0 radical (unpaired) electrons. The number of aliphatic carboxylic acids is 2. The Labute approximate surface area is 57.7 Å². The van der Waals surface area contributed by atoms with E-state index in [1.807, 2.05) is 0 Å². The summed E-state index contributed by atoms with van der Waals surface area (Å²) >= 11 is 0. The maximum Gasteiger partial charge on any atom is 0.414 e. The lowest BCUT2D eigenvalue weighted by molar-refractivity contribution is -0.159. The van der Waals surface area contributed by atoms with Gasteiger partial charge in [0.1, 0.15) is 0 Å². The van der Waals surface area contributed by atoms with E-state index < -0.39 is 11.9 Å². The number of carbonyl (C=O) groups is 2. The van der Waals surface area contributed by atoms with Gasteiger partial charge in [-0.25, -0.2) is 9.59 Å². The van der Waals surface area contributed by atoms with Crippen LogP contribution in [0, 0.1) is 0 Å². The van der Waals surface area contributed by atoms with Gasteiger partial charge in [0.2, 0.25) is 0 Å². The van der Waals surface area contributed by atoms with Crippen molar-refractivity contribution in [3.05, 3.63) is 0 Å². The molecule has 0 saturated heterocycles. The second-order valence-electron chi connectivity index (χ2n) is 0.927. The van der Waals surface area contributed by atoms with Crippen LogP contribution in [0.3, 0.4) is 0 Å². The highest BCUT2D eigenvalue weighted by atomic mass is 16.4. The molecule has 0 heterocycles. The molecule has 0 aliphatic rings. The zero-order valence-corrected chi connectivity index (χ0v) is 5.57. The van der Waals surface area contributed by atoms with Crippen LogP contribution in [0.25, 0.3) is 0 Å². The van der Waals surface area contributed by atoms with Gasteiger partial charge < -0.3 is 21.5 Å². The third kappa shape index (κ3) is 28.8. The molecule has 0 aliphatic heterocycles. The fraction of sp³-hybridized carbons (Fsp3) is 0.500. The average Bonchev–Trinajstić information content (AvgIpc) is 1.68. The second-order valence-corrected chi connectivity index (χ2v) is 0.927. The first-order valence-corrected chi connectivity index (χ1v) is 2.13. The van der Waals surface area contributed by atoms with Crippen molar-refractivity contribution < 1.29 is 24.9 Å². The van der Waals surface area contributed by atoms with Gasteiger partial charge in [-0.2, -0.15) is 0 Å². The largest absolute Gasteiger partial charge is 0.473 e. The van der Waals surface area contributed by atoms with E-state index in [4.69, 9.17) is 24.9 Å². The molecule has 0 spiro atoms.